The fraction of sp³-hybridized carbons (Fsp3) is 0.0323. The zero-order valence-electron chi connectivity index (χ0n) is 19.4. The van der Waals surface area contributed by atoms with Gasteiger partial charge in [-0.05, 0) is 40.5 Å². The quantitative estimate of drug-likeness (QED) is 0.0671. The molecule has 4 aromatic carbocycles. The molecule has 0 aromatic heterocycles. The molecule has 0 aliphatic heterocycles. The topological polar surface area (TPSA) is 84.0 Å². The van der Waals surface area contributed by atoms with Crippen LogP contribution in [0.2, 0.25) is 0 Å². The summed E-state index contributed by atoms with van der Waals surface area (Å²) in [5.41, 5.74) is 4.54. The Morgan fingerprint density at radius 1 is 0.722 bits per heavy atom. The molecule has 0 heterocycles. The van der Waals surface area contributed by atoms with Crippen molar-refractivity contribution >= 4 is 28.2 Å². The van der Waals surface area contributed by atoms with Crippen molar-refractivity contribution < 1.29 is 9.72 Å². The average Bonchev–Trinajstić information content (AvgIpc) is 2.94. The molecule has 0 saturated carbocycles. The number of carbonyl (C=O) groups is 1. The Balaban J connectivity index is 1.90. The third-order valence-corrected chi connectivity index (χ3v) is 5.74. The summed E-state index contributed by atoms with van der Waals surface area (Å²) < 4.78 is 0. The first-order chi connectivity index (χ1) is 17.6. The normalized spacial score (nSPS) is 11.8. The minimum absolute atomic E-state index is 0.0352. The number of rotatable bonds is 8. The highest BCUT2D eigenvalue weighted by Crippen LogP contribution is 2.32. The van der Waals surface area contributed by atoms with Crippen LogP contribution in [0.15, 0.2) is 121 Å². The van der Waals surface area contributed by atoms with Gasteiger partial charge in [0.15, 0.2) is 5.78 Å². The van der Waals surface area contributed by atoms with Crippen molar-refractivity contribution in [3.05, 3.63) is 154 Å². The number of non-ortho nitro benzene ring substituents is 1. The van der Waals surface area contributed by atoms with Gasteiger partial charge in [-0.1, -0.05) is 91.0 Å². The van der Waals surface area contributed by atoms with Crippen LogP contribution in [0.5, 0.6) is 0 Å². The van der Waals surface area contributed by atoms with Gasteiger partial charge in [0.25, 0.3) is 5.69 Å². The van der Waals surface area contributed by atoms with Crippen molar-refractivity contribution in [1.29, 1.82) is 5.26 Å². The van der Waals surface area contributed by atoms with E-state index in [0.717, 1.165) is 16.7 Å². The van der Waals surface area contributed by atoms with Gasteiger partial charge < -0.3 is 0 Å². The number of ketones is 1. The van der Waals surface area contributed by atoms with Crippen molar-refractivity contribution in [3.8, 4) is 6.07 Å². The summed E-state index contributed by atoms with van der Waals surface area (Å²) in [4.78, 5) is 23.8. The molecule has 0 bridgehead atoms. The van der Waals surface area contributed by atoms with Gasteiger partial charge in [0.05, 0.1) is 10.5 Å². The Hall–Kier alpha value is -5.08. The lowest BCUT2D eigenvalue weighted by Crippen LogP contribution is -2.01. The first-order valence-electron chi connectivity index (χ1n) is 11.4. The monoisotopic (exact) mass is 470 g/mol. The molecule has 0 spiro atoms. The highest BCUT2D eigenvalue weighted by atomic mass is 16.6. The van der Waals surface area contributed by atoms with E-state index in [9.17, 15) is 20.2 Å². The number of nitrogens with zero attached hydrogens (tertiary/aromatic N) is 2. The molecule has 0 aliphatic rings. The number of nitro groups is 1. The van der Waals surface area contributed by atoms with Gasteiger partial charge in [0.2, 0.25) is 0 Å². The van der Waals surface area contributed by atoms with Gasteiger partial charge in [0, 0.05) is 29.7 Å². The van der Waals surface area contributed by atoms with E-state index in [1.54, 1.807) is 24.3 Å². The summed E-state index contributed by atoms with van der Waals surface area (Å²) in [7, 11) is 0. The second-order valence-electron chi connectivity index (χ2n) is 8.07. The third-order valence-electron chi connectivity index (χ3n) is 5.74. The van der Waals surface area contributed by atoms with Gasteiger partial charge >= 0.3 is 0 Å². The van der Waals surface area contributed by atoms with Gasteiger partial charge in [-0.25, -0.2) is 0 Å². The number of benzene rings is 4. The summed E-state index contributed by atoms with van der Waals surface area (Å²) in [6.45, 7) is 0. The lowest BCUT2D eigenvalue weighted by molar-refractivity contribution is -0.384. The highest BCUT2D eigenvalue weighted by Gasteiger charge is 2.16. The summed E-state index contributed by atoms with van der Waals surface area (Å²) in [6, 6.07) is 36.3. The molecule has 0 amide bonds. The Morgan fingerprint density at radius 3 is 1.72 bits per heavy atom. The Kier molecular flexibility index (Phi) is 7.60. The van der Waals surface area contributed by atoms with E-state index in [4.69, 9.17) is 0 Å². The molecule has 0 atom stereocenters. The maximum Gasteiger partial charge on any atom is 0.269 e. The van der Waals surface area contributed by atoms with Crippen LogP contribution in [0.25, 0.3) is 16.7 Å². The highest BCUT2D eigenvalue weighted by molar-refractivity contribution is 6.07. The first kappa shape index (κ1) is 24.1. The molecule has 0 saturated heterocycles. The molecule has 0 unspecified atom stereocenters. The van der Waals surface area contributed by atoms with E-state index in [2.05, 4.69) is 6.07 Å². The second kappa shape index (κ2) is 11.4. The minimum Gasteiger partial charge on any atom is -0.294 e. The number of Topliss-reactive ketones (excluding diaryl/α,β-unsaturated/α-hetero) is 1. The molecule has 0 aliphatic carbocycles. The van der Waals surface area contributed by atoms with Crippen molar-refractivity contribution in [2.75, 3.05) is 0 Å². The number of nitro benzene ring substituents is 1. The van der Waals surface area contributed by atoms with E-state index < -0.39 is 4.92 Å². The van der Waals surface area contributed by atoms with Gasteiger partial charge in [-0.3, -0.25) is 14.9 Å². The van der Waals surface area contributed by atoms with E-state index in [1.807, 2.05) is 84.9 Å². The molecule has 4 rings (SSSR count). The zero-order valence-corrected chi connectivity index (χ0v) is 19.4. The van der Waals surface area contributed by atoms with Crippen LogP contribution in [-0.2, 0) is 0 Å². The van der Waals surface area contributed by atoms with Crippen LogP contribution < -0.4 is 0 Å². The Morgan fingerprint density at radius 2 is 1.22 bits per heavy atom. The van der Waals surface area contributed by atoms with E-state index >= 15 is 0 Å². The first-order valence-corrected chi connectivity index (χ1v) is 11.4. The van der Waals surface area contributed by atoms with Crippen molar-refractivity contribution in [3.63, 3.8) is 0 Å². The van der Waals surface area contributed by atoms with Crippen LogP contribution in [-0.4, -0.2) is 10.7 Å². The SMILES string of the molecule is N#C/C(=C(/C=C(/CC(=O)c1ccccc1)c1ccccc1)c1ccccc1)c1ccc([N+](=O)[O-])cc1. The Labute approximate surface area is 209 Å². The predicted molar refractivity (Wildman–Crippen MR) is 142 cm³/mol. The molecular formula is C31H22N2O3. The smallest absolute Gasteiger partial charge is 0.269 e. The molecule has 5 nitrogen and oxygen atoms in total. The van der Waals surface area contributed by atoms with Crippen molar-refractivity contribution in [1.82, 2.24) is 0 Å². The molecule has 5 heteroatoms. The molecule has 36 heavy (non-hydrogen) atoms. The van der Waals surface area contributed by atoms with Crippen LogP contribution in [0.4, 0.5) is 5.69 Å². The summed E-state index contributed by atoms with van der Waals surface area (Å²) in [5.74, 6) is -0.0352. The van der Waals surface area contributed by atoms with E-state index in [-0.39, 0.29) is 17.9 Å². The fourth-order valence-electron chi connectivity index (χ4n) is 3.91. The van der Waals surface area contributed by atoms with Crippen LogP contribution >= 0.6 is 0 Å². The Bertz CT molecular complexity index is 1470. The lowest BCUT2D eigenvalue weighted by Gasteiger charge is -2.13. The maximum absolute atomic E-state index is 13.2. The predicted octanol–water partition coefficient (Wildman–Crippen LogP) is 7.39. The maximum atomic E-state index is 13.2. The van der Waals surface area contributed by atoms with Crippen LogP contribution in [0, 0.1) is 21.4 Å². The van der Waals surface area contributed by atoms with Gasteiger partial charge in [-0.2, -0.15) is 5.26 Å². The molecule has 0 radical (unpaired) electrons. The number of hydrogen-bond donors (Lipinski definition) is 0. The van der Waals surface area contributed by atoms with E-state index in [1.165, 1.54) is 12.1 Å². The number of carbonyl (C=O) groups excluding carboxylic acids is 1. The molecular weight excluding hydrogens is 448 g/mol. The standard InChI is InChI=1S/C31H22N2O3/c32-22-30(25-16-18-28(19-17-25)33(35)36)29(24-12-6-2-7-13-24)20-27(23-10-4-1-5-11-23)21-31(34)26-14-8-3-9-15-26/h1-20H,21H2/b27-20-,30-29+. The fourth-order valence-corrected chi connectivity index (χ4v) is 3.91. The molecule has 0 N–H and O–H groups in total. The van der Waals surface area contributed by atoms with Gasteiger partial charge in [0.1, 0.15) is 6.07 Å². The minimum atomic E-state index is -0.472. The van der Waals surface area contributed by atoms with Gasteiger partial charge in [-0.15, -0.1) is 0 Å². The number of hydrogen-bond acceptors (Lipinski definition) is 4. The molecule has 174 valence electrons. The largest absolute Gasteiger partial charge is 0.294 e. The number of nitriles is 1. The lowest BCUT2D eigenvalue weighted by atomic mass is 9.90. The summed E-state index contributed by atoms with van der Waals surface area (Å²) in [6.07, 6.45) is 2.02. The van der Waals surface area contributed by atoms with Crippen LogP contribution in [0.3, 0.4) is 0 Å². The second-order valence-corrected chi connectivity index (χ2v) is 8.07. The zero-order chi connectivity index (χ0) is 25.3. The summed E-state index contributed by atoms with van der Waals surface area (Å²) in [5, 5.41) is 21.3. The van der Waals surface area contributed by atoms with Crippen LogP contribution in [0.1, 0.15) is 33.5 Å². The number of allylic oxidation sites excluding steroid dienone is 4. The third kappa shape index (κ3) is 5.69. The van der Waals surface area contributed by atoms with E-state index in [0.29, 0.717) is 22.3 Å². The molecule has 0 fully saturated rings. The average molecular weight is 471 g/mol. The van der Waals surface area contributed by atoms with Crippen molar-refractivity contribution in [2.45, 2.75) is 6.42 Å². The van der Waals surface area contributed by atoms with Crippen molar-refractivity contribution in [2.24, 2.45) is 0 Å². The molecule has 4 aromatic rings. The summed E-state index contributed by atoms with van der Waals surface area (Å²) >= 11 is 0.